The Hall–Kier alpha value is -2.88. The highest BCUT2D eigenvalue weighted by atomic mass is 35.5. The summed E-state index contributed by atoms with van der Waals surface area (Å²) in [6.07, 6.45) is 3.21. The van der Waals surface area contributed by atoms with E-state index < -0.39 is 6.03 Å². The van der Waals surface area contributed by atoms with Crippen molar-refractivity contribution in [3.63, 3.8) is 0 Å². The summed E-state index contributed by atoms with van der Waals surface area (Å²) in [7, 11) is 0. The van der Waals surface area contributed by atoms with Crippen LogP contribution in [0.5, 0.6) is 0 Å². The number of urea groups is 1. The minimum Gasteiger partial charge on any atom is -0.308 e. The number of thioether (sulfide) groups is 1. The molecule has 0 fully saturated rings. The molecule has 146 valence electrons. The Morgan fingerprint density at radius 1 is 1.07 bits per heavy atom. The lowest BCUT2D eigenvalue weighted by Gasteiger charge is -2.09. The molecule has 0 spiro atoms. The van der Waals surface area contributed by atoms with Crippen molar-refractivity contribution in [3.05, 3.63) is 64.8 Å². The van der Waals surface area contributed by atoms with E-state index >= 15 is 0 Å². The molecular formula is C18H13Cl2N7OS. The van der Waals surface area contributed by atoms with E-state index in [0.717, 1.165) is 16.0 Å². The number of nitrogens with one attached hydrogen (secondary N) is 3. The molecule has 3 aromatic heterocycles. The van der Waals surface area contributed by atoms with E-state index in [2.05, 4.69) is 35.8 Å². The van der Waals surface area contributed by atoms with E-state index in [-0.39, 0.29) is 10.3 Å². The van der Waals surface area contributed by atoms with Crippen LogP contribution in [0.15, 0.2) is 53.9 Å². The van der Waals surface area contributed by atoms with Gasteiger partial charge in [0.25, 0.3) is 0 Å². The minimum atomic E-state index is -0.413. The number of halogens is 2. The number of aromatic amines is 1. The van der Waals surface area contributed by atoms with Crippen molar-refractivity contribution in [2.45, 2.75) is 10.8 Å². The van der Waals surface area contributed by atoms with Crippen molar-refractivity contribution in [3.8, 4) is 0 Å². The van der Waals surface area contributed by atoms with Crippen LogP contribution in [0.4, 0.5) is 16.2 Å². The molecule has 0 saturated carbocycles. The zero-order valence-corrected chi connectivity index (χ0v) is 17.0. The monoisotopic (exact) mass is 445 g/mol. The summed E-state index contributed by atoms with van der Waals surface area (Å²) in [5.74, 6) is 0.671. The lowest BCUT2D eigenvalue weighted by atomic mass is 10.2. The Morgan fingerprint density at radius 3 is 2.69 bits per heavy atom. The second kappa shape index (κ2) is 8.64. The van der Waals surface area contributed by atoms with Crippen molar-refractivity contribution in [1.29, 1.82) is 0 Å². The molecule has 4 rings (SSSR count). The van der Waals surface area contributed by atoms with Crippen LogP contribution in [0.25, 0.3) is 11.0 Å². The van der Waals surface area contributed by atoms with Gasteiger partial charge in [0, 0.05) is 17.1 Å². The third kappa shape index (κ3) is 4.94. The number of anilines is 2. The fourth-order valence-electron chi connectivity index (χ4n) is 2.58. The average molecular weight is 446 g/mol. The van der Waals surface area contributed by atoms with Crippen molar-refractivity contribution < 1.29 is 4.79 Å². The maximum atomic E-state index is 12.3. The first-order chi connectivity index (χ1) is 14.1. The van der Waals surface area contributed by atoms with Gasteiger partial charge < -0.3 is 10.6 Å². The molecule has 3 N–H and O–H groups in total. The molecule has 0 aliphatic carbocycles. The zero-order chi connectivity index (χ0) is 20.2. The SMILES string of the molecule is O=C(Nc1cccc(CSc2ncnc3[nH]ncc23)c1)Nc1cc(Cl)nc(Cl)c1. The second-order valence-electron chi connectivity index (χ2n) is 5.88. The number of rotatable bonds is 5. The number of hydrogen-bond donors (Lipinski definition) is 3. The maximum absolute atomic E-state index is 12.3. The molecule has 0 atom stereocenters. The van der Waals surface area contributed by atoms with Crippen LogP contribution < -0.4 is 10.6 Å². The van der Waals surface area contributed by atoms with Crippen LogP contribution in [0, 0.1) is 0 Å². The molecule has 11 heteroatoms. The van der Waals surface area contributed by atoms with E-state index in [1.165, 1.54) is 18.5 Å². The van der Waals surface area contributed by atoms with Gasteiger partial charge in [-0.25, -0.2) is 19.7 Å². The van der Waals surface area contributed by atoms with Crippen LogP contribution in [-0.2, 0) is 5.75 Å². The molecule has 29 heavy (non-hydrogen) atoms. The number of amides is 2. The normalized spacial score (nSPS) is 10.8. The van der Waals surface area contributed by atoms with Gasteiger partial charge in [0.05, 0.1) is 11.6 Å². The van der Waals surface area contributed by atoms with Gasteiger partial charge in [0.2, 0.25) is 0 Å². The zero-order valence-electron chi connectivity index (χ0n) is 14.7. The highest BCUT2D eigenvalue weighted by Gasteiger charge is 2.08. The minimum absolute atomic E-state index is 0.197. The summed E-state index contributed by atoms with van der Waals surface area (Å²) >= 11 is 13.3. The molecule has 4 aromatic rings. The van der Waals surface area contributed by atoms with E-state index in [1.807, 2.05) is 18.2 Å². The van der Waals surface area contributed by atoms with Gasteiger partial charge in [-0.15, -0.1) is 11.8 Å². The van der Waals surface area contributed by atoms with Crippen LogP contribution in [0.1, 0.15) is 5.56 Å². The molecule has 1 aromatic carbocycles. The van der Waals surface area contributed by atoms with Crippen LogP contribution in [-0.4, -0.2) is 31.2 Å². The number of carbonyl (C=O) groups excluding carboxylic acids is 1. The van der Waals surface area contributed by atoms with Gasteiger partial charge >= 0.3 is 6.03 Å². The topological polar surface area (TPSA) is 108 Å². The predicted octanol–water partition coefficient (Wildman–Crippen LogP) is 4.99. The first-order valence-corrected chi connectivity index (χ1v) is 10.1. The molecule has 0 aliphatic rings. The lowest BCUT2D eigenvalue weighted by molar-refractivity contribution is 0.262. The largest absolute Gasteiger partial charge is 0.323 e. The molecule has 0 aliphatic heterocycles. The van der Waals surface area contributed by atoms with E-state index in [1.54, 1.807) is 24.0 Å². The fourth-order valence-corrected chi connectivity index (χ4v) is 3.95. The van der Waals surface area contributed by atoms with Gasteiger partial charge in [-0.2, -0.15) is 5.10 Å². The molecule has 2 amide bonds. The van der Waals surface area contributed by atoms with Gasteiger partial charge in [-0.05, 0) is 29.8 Å². The van der Waals surface area contributed by atoms with Crippen molar-refractivity contribution in [1.82, 2.24) is 25.1 Å². The Bertz CT molecular complexity index is 1160. The Kier molecular flexibility index (Phi) is 5.79. The summed E-state index contributed by atoms with van der Waals surface area (Å²) in [6, 6.07) is 10.2. The molecule has 8 nitrogen and oxygen atoms in total. The van der Waals surface area contributed by atoms with Gasteiger partial charge in [0.1, 0.15) is 21.7 Å². The maximum Gasteiger partial charge on any atom is 0.323 e. The van der Waals surface area contributed by atoms with Crippen molar-refractivity contribution >= 4 is 63.4 Å². The first kappa shape index (κ1) is 19.4. The summed E-state index contributed by atoms with van der Waals surface area (Å²) < 4.78 is 0. The van der Waals surface area contributed by atoms with E-state index in [4.69, 9.17) is 23.2 Å². The highest BCUT2D eigenvalue weighted by Crippen LogP contribution is 2.27. The summed E-state index contributed by atoms with van der Waals surface area (Å²) in [4.78, 5) is 24.5. The quantitative estimate of drug-likeness (QED) is 0.226. The summed E-state index contributed by atoms with van der Waals surface area (Å²) in [5, 5.41) is 14.4. The molecule has 0 unspecified atom stereocenters. The molecule has 0 saturated heterocycles. The van der Waals surface area contributed by atoms with Gasteiger partial charge in [0.15, 0.2) is 5.65 Å². The Balaban J connectivity index is 1.40. The number of nitrogens with zero attached hydrogens (tertiary/aromatic N) is 4. The summed E-state index contributed by atoms with van der Waals surface area (Å²) in [5.41, 5.74) is 2.83. The third-order valence-electron chi connectivity index (χ3n) is 3.79. The van der Waals surface area contributed by atoms with Gasteiger partial charge in [-0.1, -0.05) is 35.3 Å². The Morgan fingerprint density at radius 2 is 1.86 bits per heavy atom. The highest BCUT2D eigenvalue weighted by molar-refractivity contribution is 7.98. The second-order valence-corrected chi connectivity index (χ2v) is 7.62. The van der Waals surface area contributed by atoms with Crippen molar-refractivity contribution in [2.24, 2.45) is 0 Å². The number of H-pyrrole nitrogens is 1. The molecule has 0 radical (unpaired) electrons. The number of aromatic nitrogens is 5. The van der Waals surface area contributed by atoms with Gasteiger partial charge in [-0.3, -0.25) is 5.10 Å². The lowest BCUT2D eigenvalue weighted by Crippen LogP contribution is -2.19. The fraction of sp³-hybridized carbons (Fsp3) is 0.0556. The van der Waals surface area contributed by atoms with Crippen LogP contribution >= 0.6 is 35.0 Å². The number of pyridine rings is 1. The van der Waals surface area contributed by atoms with E-state index in [9.17, 15) is 4.79 Å². The standard InChI is InChI=1S/C18H13Cl2N7OS/c19-14-5-12(6-15(20)26-14)25-18(28)24-11-3-1-2-10(4-11)8-29-17-13-7-23-27-16(13)21-9-22-17/h1-7,9H,8H2,(H,21,22,23,27)(H2,24,25,26,28). The molecular weight excluding hydrogens is 433 g/mol. The summed E-state index contributed by atoms with van der Waals surface area (Å²) in [6.45, 7) is 0. The van der Waals surface area contributed by atoms with Crippen LogP contribution in [0.3, 0.4) is 0 Å². The number of fused-ring (bicyclic) bond motifs is 1. The van der Waals surface area contributed by atoms with Crippen LogP contribution in [0.2, 0.25) is 10.3 Å². The van der Waals surface area contributed by atoms with E-state index in [0.29, 0.717) is 22.8 Å². The molecule has 3 heterocycles. The first-order valence-electron chi connectivity index (χ1n) is 8.34. The number of benzene rings is 1. The third-order valence-corrected chi connectivity index (χ3v) is 5.26. The Labute approximate surface area is 179 Å². The van der Waals surface area contributed by atoms with Crippen molar-refractivity contribution in [2.75, 3.05) is 10.6 Å². The molecule has 0 bridgehead atoms. The number of carbonyl (C=O) groups is 1. The predicted molar refractivity (Wildman–Crippen MR) is 115 cm³/mol. The number of hydrogen-bond acceptors (Lipinski definition) is 6. The average Bonchev–Trinajstić information content (AvgIpc) is 3.15. The smallest absolute Gasteiger partial charge is 0.308 e.